The van der Waals surface area contributed by atoms with E-state index in [0.717, 1.165) is 37.4 Å². The first-order chi connectivity index (χ1) is 13.3. The Bertz CT molecular complexity index is 1100. The minimum atomic E-state index is 0.830. The molecule has 2 aromatic carbocycles. The summed E-state index contributed by atoms with van der Waals surface area (Å²) in [5.74, 6) is 0.830. The Balaban J connectivity index is 1.38. The van der Waals surface area contributed by atoms with Gasteiger partial charge in [0, 0.05) is 67.5 Å². The van der Waals surface area contributed by atoms with Crippen LogP contribution in [0.2, 0.25) is 0 Å². The zero-order valence-electron chi connectivity index (χ0n) is 15.5. The molecule has 1 aliphatic heterocycles. The minimum Gasteiger partial charge on any atom is -0.350 e. The van der Waals surface area contributed by atoms with E-state index in [-0.39, 0.29) is 0 Å². The van der Waals surface area contributed by atoms with Crippen molar-refractivity contribution in [2.75, 3.05) is 6.54 Å². The molecule has 0 unspecified atom stereocenters. The first-order valence-corrected chi connectivity index (χ1v) is 9.43. The van der Waals surface area contributed by atoms with Gasteiger partial charge >= 0.3 is 0 Å². The van der Waals surface area contributed by atoms with Gasteiger partial charge in [0.1, 0.15) is 0 Å². The van der Waals surface area contributed by atoms with E-state index in [2.05, 4.69) is 64.1 Å². The maximum Gasteiger partial charge on any atom is 0.159 e. The van der Waals surface area contributed by atoms with Crippen LogP contribution in [-0.4, -0.2) is 26.0 Å². The lowest BCUT2D eigenvalue weighted by molar-refractivity contribution is 0.243. The predicted octanol–water partition coefficient (Wildman–Crippen LogP) is 4.19. The van der Waals surface area contributed by atoms with Gasteiger partial charge in [0.25, 0.3) is 0 Å². The molecular weight excluding hydrogens is 332 g/mol. The van der Waals surface area contributed by atoms with Gasteiger partial charge in [-0.3, -0.25) is 4.90 Å². The van der Waals surface area contributed by atoms with Crippen LogP contribution in [0.5, 0.6) is 0 Å². The molecule has 0 saturated carbocycles. The number of aromatic nitrogens is 3. The molecule has 0 amide bonds. The van der Waals surface area contributed by atoms with Gasteiger partial charge in [-0.15, -0.1) is 0 Å². The molecule has 2 aromatic heterocycles. The summed E-state index contributed by atoms with van der Waals surface area (Å²) in [7, 11) is 2.12. The first-order valence-electron chi connectivity index (χ1n) is 9.43. The Morgan fingerprint density at radius 3 is 2.70 bits per heavy atom. The second kappa shape index (κ2) is 6.63. The fraction of sp³-hybridized carbons (Fsp3) is 0.217. The van der Waals surface area contributed by atoms with Crippen LogP contribution < -0.4 is 0 Å². The van der Waals surface area contributed by atoms with Gasteiger partial charge in [-0.05, 0) is 11.6 Å². The Hall–Kier alpha value is -2.98. The number of para-hydroxylation sites is 1. The van der Waals surface area contributed by atoms with Gasteiger partial charge in [-0.2, -0.15) is 0 Å². The summed E-state index contributed by atoms with van der Waals surface area (Å²) in [5, 5.41) is 1.35. The normalized spacial score (nSPS) is 14.4. The summed E-state index contributed by atoms with van der Waals surface area (Å²) < 4.78 is 2.22. The third kappa shape index (κ3) is 3.02. The van der Waals surface area contributed by atoms with Crippen molar-refractivity contribution >= 4 is 10.9 Å². The zero-order valence-corrected chi connectivity index (χ0v) is 15.5. The van der Waals surface area contributed by atoms with Crippen molar-refractivity contribution in [3.05, 3.63) is 83.8 Å². The Morgan fingerprint density at radius 1 is 1.00 bits per heavy atom. The van der Waals surface area contributed by atoms with Gasteiger partial charge in [0.15, 0.2) is 5.82 Å². The molecular formula is C23H22N4. The number of hydrogen-bond acceptors (Lipinski definition) is 3. The second-order valence-electron chi connectivity index (χ2n) is 7.27. The number of hydrogen-bond donors (Lipinski definition) is 0. The Kier molecular flexibility index (Phi) is 3.98. The molecule has 4 heteroatoms. The smallest absolute Gasteiger partial charge is 0.159 e. The highest BCUT2D eigenvalue weighted by atomic mass is 15.1. The molecule has 27 heavy (non-hydrogen) atoms. The average molecular weight is 354 g/mol. The number of aryl methyl sites for hydroxylation is 1. The molecule has 0 saturated heterocycles. The molecule has 0 spiro atoms. The van der Waals surface area contributed by atoms with Crippen LogP contribution in [0.3, 0.4) is 0 Å². The van der Waals surface area contributed by atoms with Gasteiger partial charge in [0.2, 0.25) is 0 Å². The van der Waals surface area contributed by atoms with Crippen molar-refractivity contribution in [2.45, 2.75) is 19.5 Å². The minimum absolute atomic E-state index is 0.830. The van der Waals surface area contributed by atoms with Crippen LogP contribution in [0.15, 0.2) is 67.0 Å². The molecule has 0 N–H and O–H groups in total. The predicted molar refractivity (Wildman–Crippen MR) is 108 cm³/mol. The van der Waals surface area contributed by atoms with Crippen molar-refractivity contribution < 1.29 is 0 Å². The zero-order chi connectivity index (χ0) is 18.2. The Labute approximate surface area is 159 Å². The molecule has 0 radical (unpaired) electrons. The van der Waals surface area contributed by atoms with E-state index in [4.69, 9.17) is 4.98 Å². The fourth-order valence-electron chi connectivity index (χ4n) is 4.03. The van der Waals surface area contributed by atoms with Gasteiger partial charge in [-0.1, -0.05) is 48.5 Å². The van der Waals surface area contributed by atoms with E-state index in [1.807, 2.05) is 24.4 Å². The van der Waals surface area contributed by atoms with E-state index in [1.54, 1.807) is 0 Å². The highest BCUT2D eigenvalue weighted by Crippen LogP contribution is 2.25. The van der Waals surface area contributed by atoms with E-state index < -0.39 is 0 Å². The number of nitrogens with zero attached hydrogens (tertiary/aromatic N) is 4. The summed E-state index contributed by atoms with van der Waals surface area (Å²) in [5.41, 5.74) is 6.21. The van der Waals surface area contributed by atoms with Crippen molar-refractivity contribution in [3.63, 3.8) is 0 Å². The topological polar surface area (TPSA) is 34.0 Å². The van der Waals surface area contributed by atoms with Crippen LogP contribution in [0, 0.1) is 0 Å². The van der Waals surface area contributed by atoms with E-state index in [0.29, 0.717) is 0 Å². The molecule has 134 valence electrons. The second-order valence-corrected chi connectivity index (χ2v) is 7.27. The van der Waals surface area contributed by atoms with Crippen molar-refractivity contribution in [1.29, 1.82) is 0 Å². The third-order valence-electron chi connectivity index (χ3n) is 5.42. The van der Waals surface area contributed by atoms with E-state index in [9.17, 15) is 0 Å². The highest BCUT2D eigenvalue weighted by molar-refractivity contribution is 5.83. The van der Waals surface area contributed by atoms with Gasteiger partial charge in [0.05, 0.1) is 5.69 Å². The number of rotatable bonds is 3. The van der Waals surface area contributed by atoms with Gasteiger partial charge in [-0.25, -0.2) is 9.97 Å². The summed E-state index contributed by atoms with van der Waals surface area (Å²) in [6, 6.07) is 18.8. The SMILES string of the molecule is Cn1cc(CN2CCc3nc(-c4ccccc4)ncc3C2)c2ccccc21. The summed E-state index contributed by atoms with van der Waals surface area (Å²) >= 11 is 0. The monoisotopic (exact) mass is 354 g/mol. The van der Waals surface area contributed by atoms with Gasteiger partial charge < -0.3 is 4.57 Å². The van der Waals surface area contributed by atoms with Crippen molar-refractivity contribution in [1.82, 2.24) is 19.4 Å². The lowest BCUT2D eigenvalue weighted by Crippen LogP contribution is -2.30. The summed E-state index contributed by atoms with van der Waals surface area (Å²) in [6.07, 6.45) is 5.25. The molecule has 0 aliphatic carbocycles. The lowest BCUT2D eigenvalue weighted by atomic mass is 10.1. The van der Waals surface area contributed by atoms with E-state index >= 15 is 0 Å². The maximum atomic E-state index is 4.84. The van der Waals surface area contributed by atoms with Crippen LogP contribution in [0.4, 0.5) is 0 Å². The average Bonchev–Trinajstić information content (AvgIpc) is 3.04. The van der Waals surface area contributed by atoms with Crippen LogP contribution in [0.25, 0.3) is 22.3 Å². The summed E-state index contributed by atoms with van der Waals surface area (Å²) in [4.78, 5) is 11.9. The van der Waals surface area contributed by atoms with Crippen LogP contribution in [-0.2, 0) is 26.6 Å². The lowest BCUT2D eigenvalue weighted by Gasteiger charge is -2.27. The summed E-state index contributed by atoms with van der Waals surface area (Å²) in [6.45, 7) is 2.90. The molecule has 0 atom stereocenters. The Morgan fingerprint density at radius 2 is 1.81 bits per heavy atom. The quantitative estimate of drug-likeness (QED) is 0.553. The van der Waals surface area contributed by atoms with Crippen LogP contribution in [0.1, 0.15) is 16.8 Å². The molecule has 4 nitrogen and oxygen atoms in total. The fourth-order valence-corrected chi connectivity index (χ4v) is 4.03. The first kappa shape index (κ1) is 16.2. The molecule has 1 aliphatic rings. The molecule has 0 fully saturated rings. The van der Waals surface area contributed by atoms with Crippen LogP contribution >= 0.6 is 0 Å². The standard InChI is InChI=1S/C23H22N4/c1-26-14-19(20-9-5-6-10-22(20)26)16-27-12-11-21-18(15-27)13-24-23(25-21)17-7-3-2-4-8-17/h2-10,13-14H,11-12,15-16H2,1H3. The van der Waals surface area contributed by atoms with E-state index in [1.165, 1.54) is 27.7 Å². The molecule has 3 heterocycles. The highest BCUT2D eigenvalue weighted by Gasteiger charge is 2.20. The third-order valence-corrected chi connectivity index (χ3v) is 5.42. The molecule has 5 rings (SSSR count). The molecule has 0 bridgehead atoms. The number of fused-ring (bicyclic) bond motifs is 2. The largest absolute Gasteiger partial charge is 0.350 e. The number of benzene rings is 2. The molecule has 4 aromatic rings. The van der Waals surface area contributed by atoms with Crippen molar-refractivity contribution in [2.24, 2.45) is 7.05 Å². The maximum absolute atomic E-state index is 4.84. The van der Waals surface area contributed by atoms with Crippen molar-refractivity contribution in [3.8, 4) is 11.4 Å².